The van der Waals surface area contributed by atoms with Crippen molar-refractivity contribution in [2.75, 3.05) is 0 Å². The second kappa shape index (κ2) is 16.2. The number of nitrogens with zero attached hydrogens (tertiary/aromatic N) is 2. The summed E-state index contributed by atoms with van der Waals surface area (Å²) in [6.45, 7) is 0. The maximum absolute atomic E-state index is 2.56. The van der Waals surface area contributed by atoms with Crippen LogP contribution in [0.25, 0.3) is 133 Å². The van der Waals surface area contributed by atoms with Gasteiger partial charge in [0.2, 0.25) is 0 Å². The van der Waals surface area contributed by atoms with Crippen molar-refractivity contribution in [2.24, 2.45) is 0 Å². The fourth-order valence-corrected chi connectivity index (χ4v) is 11.4. The number of aromatic nitrogens is 2. The molecule has 0 atom stereocenters. The van der Waals surface area contributed by atoms with Gasteiger partial charge in [-0.2, -0.15) is 0 Å². The molecule has 0 fully saturated rings. The summed E-state index contributed by atoms with van der Waals surface area (Å²) in [5.74, 6) is 0. The highest BCUT2D eigenvalue weighted by atomic mass is 15.0. The minimum atomic E-state index is 1.12. The van der Waals surface area contributed by atoms with Gasteiger partial charge >= 0.3 is 0 Å². The lowest BCUT2D eigenvalue weighted by Crippen LogP contribution is -2.00. The summed E-state index contributed by atoms with van der Waals surface area (Å²) in [7, 11) is 0. The molecule has 0 spiro atoms. The van der Waals surface area contributed by atoms with Crippen LogP contribution in [-0.2, 0) is 0 Å². The molecule has 0 radical (unpaired) electrons. The summed E-state index contributed by atoms with van der Waals surface area (Å²) in [5, 5.41) is 9.90. The van der Waals surface area contributed by atoms with Crippen molar-refractivity contribution in [1.82, 2.24) is 9.13 Å². The van der Waals surface area contributed by atoms with Crippen LogP contribution in [0.3, 0.4) is 0 Å². The standard InChI is InChI=1S/C68H44N2/c1-7-21-45(22-8-1)51-33-19-35-55(41-51)69-65(49-29-15-5-16-30-49)63(47-25-11-3-12-26-47)59-43-53-38-40-58-62-54(37-39-57(61(53)62)67(59)69)44-60-64(48-27-13-4-14-28-48)66(50-31-17-6-18-32-50)70(68(58)60)56-36-20-34-52(42-56)46-23-9-2-10-24-46/h1-44H. The van der Waals surface area contributed by atoms with Crippen LogP contribution in [0, 0.1) is 0 Å². The maximum Gasteiger partial charge on any atom is 0.0620 e. The van der Waals surface area contributed by atoms with Crippen molar-refractivity contribution in [3.63, 3.8) is 0 Å². The number of rotatable bonds is 8. The molecule has 14 rings (SSSR count). The van der Waals surface area contributed by atoms with Crippen LogP contribution >= 0.6 is 0 Å². The topological polar surface area (TPSA) is 9.86 Å². The molecular weight excluding hydrogens is 845 g/mol. The van der Waals surface area contributed by atoms with Gasteiger partial charge in [-0.05, 0) is 102 Å². The highest BCUT2D eigenvalue weighted by Crippen LogP contribution is 2.52. The van der Waals surface area contributed by atoms with Crippen LogP contribution in [0.15, 0.2) is 267 Å². The Morgan fingerprint density at radius 2 is 0.529 bits per heavy atom. The van der Waals surface area contributed by atoms with Crippen molar-refractivity contribution < 1.29 is 0 Å². The molecule has 0 N–H and O–H groups in total. The first-order chi connectivity index (χ1) is 34.8. The second-order valence-electron chi connectivity index (χ2n) is 18.4. The molecule has 2 heterocycles. The summed E-state index contributed by atoms with van der Waals surface area (Å²) in [4.78, 5) is 0. The van der Waals surface area contributed by atoms with Gasteiger partial charge in [0.25, 0.3) is 0 Å². The first-order valence-electron chi connectivity index (χ1n) is 24.2. The average Bonchev–Trinajstić information content (AvgIpc) is 3.97. The van der Waals surface area contributed by atoms with Crippen LogP contribution in [0.1, 0.15) is 0 Å². The second-order valence-corrected chi connectivity index (χ2v) is 18.4. The summed E-state index contributed by atoms with van der Waals surface area (Å²) < 4.78 is 5.11. The third kappa shape index (κ3) is 6.27. The molecule has 0 saturated heterocycles. The molecule has 70 heavy (non-hydrogen) atoms. The third-order valence-corrected chi connectivity index (χ3v) is 14.4. The van der Waals surface area contributed by atoms with Gasteiger partial charge in [0, 0.05) is 44.0 Å². The van der Waals surface area contributed by atoms with Gasteiger partial charge in [0.05, 0.1) is 22.4 Å². The van der Waals surface area contributed by atoms with E-state index >= 15 is 0 Å². The Morgan fingerprint density at radius 3 is 0.886 bits per heavy atom. The van der Waals surface area contributed by atoms with Crippen molar-refractivity contribution in [3.8, 4) is 78.4 Å². The predicted molar refractivity (Wildman–Crippen MR) is 296 cm³/mol. The van der Waals surface area contributed by atoms with Crippen LogP contribution in [0.4, 0.5) is 0 Å². The lowest BCUT2D eigenvalue weighted by Gasteiger charge is -2.18. The van der Waals surface area contributed by atoms with E-state index in [1.807, 2.05) is 0 Å². The van der Waals surface area contributed by atoms with Gasteiger partial charge < -0.3 is 9.13 Å². The average molecular weight is 889 g/mol. The molecule has 0 amide bonds. The van der Waals surface area contributed by atoms with Gasteiger partial charge in [0.1, 0.15) is 0 Å². The molecular formula is C68H44N2. The molecule has 2 nitrogen and oxygen atoms in total. The molecule has 0 aliphatic rings. The normalized spacial score (nSPS) is 11.7. The minimum absolute atomic E-state index is 1.12. The molecule has 326 valence electrons. The number of benzene rings is 12. The van der Waals surface area contributed by atoms with Crippen LogP contribution in [0.5, 0.6) is 0 Å². The fourth-order valence-electron chi connectivity index (χ4n) is 11.4. The fraction of sp³-hybridized carbons (Fsp3) is 0. The monoisotopic (exact) mass is 888 g/mol. The largest absolute Gasteiger partial charge is 0.308 e. The highest BCUT2D eigenvalue weighted by Gasteiger charge is 2.28. The summed E-state index contributed by atoms with van der Waals surface area (Å²) in [6, 6.07) is 98.1. The van der Waals surface area contributed by atoms with E-state index in [-0.39, 0.29) is 0 Å². The van der Waals surface area contributed by atoms with Crippen molar-refractivity contribution in [3.05, 3.63) is 267 Å². The van der Waals surface area contributed by atoms with Crippen molar-refractivity contribution in [1.29, 1.82) is 0 Å². The van der Waals surface area contributed by atoms with Crippen molar-refractivity contribution in [2.45, 2.75) is 0 Å². The van der Waals surface area contributed by atoms with Crippen LogP contribution in [0.2, 0.25) is 0 Å². The Hall–Kier alpha value is -9.24. The summed E-state index contributed by atoms with van der Waals surface area (Å²) in [5.41, 5.74) is 18.9. The van der Waals surface area contributed by atoms with Gasteiger partial charge in [0.15, 0.2) is 0 Å². The van der Waals surface area contributed by atoms with E-state index in [0.717, 1.165) is 11.4 Å². The predicted octanol–water partition coefficient (Wildman–Crippen LogP) is 18.5. The van der Waals surface area contributed by atoms with Crippen LogP contribution < -0.4 is 0 Å². The molecule has 0 aliphatic carbocycles. The molecule has 2 heteroatoms. The third-order valence-electron chi connectivity index (χ3n) is 14.4. The summed E-state index contributed by atoms with van der Waals surface area (Å²) in [6.07, 6.45) is 0. The molecule has 2 aromatic heterocycles. The molecule has 0 unspecified atom stereocenters. The smallest absolute Gasteiger partial charge is 0.0620 e. The Labute approximate surface area is 406 Å². The van der Waals surface area contributed by atoms with Crippen molar-refractivity contribution >= 4 is 54.1 Å². The zero-order valence-corrected chi connectivity index (χ0v) is 38.3. The lowest BCUT2D eigenvalue weighted by molar-refractivity contribution is 1.14. The molecule has 0 saturated carbocycles. The SMILES string of the molecule is c1ccc(-c2cccc(-n3c(-c4ccccc4)c(-c4ccccc4)c4cc5ccc6c7c(ccc(c57)c43)cc3c(-c4ccccc4)c(-c4ccccc4)n(-c4cccc(-c5ccccc5)c4)c36)c2)cc1. The highest BCUT2D eigenvalue weighted by molar-refractivity contribution is 6.35. The zero-order chi connectivity index (χ0) is 46.1. The lowest BCUT2D eigenvalue weighted by atomic mass is 9.89. The number of fused-ring (bicyclic) bond motifs is 4. The van der Waals surface area contributed by atoms with E-state index in [9.17, 15) is 0 Å². The first kappa shape index (κ1) is 39.9. The summed E-state index contributed by atoms with van der Waals surface area (Å²) >= 11 is 0. The van der Waals surface area contributed by atoms with Gasteiger partial charge in [-0.15, -0.1) is 0 Å². The Bertz CT molecular complexity index is 3950. The maximum atomic E-state index is 2.56. The molecule has 0 aliphatic heterocycles. The molecule has 12 aromatic carbocycles. The zero-order valence-electron chi connectivity index (χ0n) is 38.3. The van der Waals surface area contributed by atoms with E-state index in [2.05, 4.69) is 276 Å². The Kier molecular flexibility index (Phi) is 9.25. The van der Waals surface area contributed by atoms with E-state index in [4.69, 9.17) is 0 Å². The quantitative estimate of drug-likeness (QED) is 0.135. The Morgan fingerprint density at radius 1 is 0.214 bits per heavy atom. The van der Waals surface area contributed by atoms with E-state index in [0.29, 0.717) is 0 Å². The number of hydrogen-bond donors (Lipinski definition) is 0. The molecule has 14 aromatic rings. The van der Waals surface area contributed by atoms with E-state index in [1.165, 1.54) is 121 Å². The number of hydrogen-bond acceptors (Lipinski definition) is 0. The first-order valence-corrected chi connectivity index (χ1v) is 24.2. The van der Waals surface area contributed by atoms with E-state index < -0.39 is 0 Å². The minimum Gasteiger partial charge on any atom is -0.308 e. The van der Waals surface area contributed by atoms with Gasteiger partial charge in [-0.3, -0.25) is 0 Å². The Balaban J connectivity index is 1.16. The van der Waals surface area contributed by atoms with E-state index in [1.54, 1.807) is 0 Å². The van der Waals surface area contributed by atoms with Gasteiger partial charge in [-0.1, -0.05) is 231 Å². The van der Waals surface area contributed by atoms with Gasteiger partial charge in [-0.25, -0.2) is 0 Å². The molecule has 0 bridgehead atoms. The van der Waals surface area contributed by atoms with Crippen LogP contribution in [-0.4, -0.2) is 9.13 Å².